The molecule has 0 bridgehead atoms. The molecule has 1 heterocycles. The lowest BCUT2D eigenvalue weighted by Gasteiger charge is -2.29. The van der Waals surface area contributed by atoms with Crippen LogP contribution in [0.4, 0.5) is 0 Å². The second-order valence-electron chi connectivity index (χ2n) is 4.53. The Kier molecular flexibility index (Phi) is 5.05. The van der Waals surface area contributed by atoms with Gasteiger partial charge < -0.3 is 15.5 Å². The smallest absolute Gasteiger partial charge is 0.236 e. The van der Waals surface area contributed by atoms with Gasteiger partial charge in [-0.25, -0.2) is 0 Å². The average molecular weight is 213 g/mol. The van der Waals surface area contributed by atoms with Gasteiger partial charge in [-0.15, -0.1) is 0 Å². The summed E-state index contributed by atoms with van der Waals surface area (Å²) < 4.78 is 0. The average Bonchev–Trinajstić information content (AvgIpc) is 2.25. The Labute approximate surface area is 92.4 Å². The number of rotatable bonds is 4. The summed E-state index contributed by atoms with van der Waals surface area (Å²) in [6.07, 6.45) is 2.48. The summed E-state index contributed by atoms with van der Waals surface area (Å²) in [4.78, 5) is 13.8. The Morgan fingerprint density at radius 3 is 2.93 bits per heavy atom. The van der Waals surface area contributed by atoms with Crippen LogP contribution < -0.4 is 10.6 Å². The molecule has 1 saturated heterocycles. The van der Waals surface area contributed by atoms with Crippen LogP contribution in [0.2, 0.25) is 0 Å². The lowest BCUT2D eigenvalue weighted by molar-refractivity contribution is -0.122. The van der Waals surface area contributed by atoms with Gasteiger partial charge in [0, 0.05) is 13.1 Å². The SMILES string of the molecule is CNC(C)C(=O)NCC1CCCN(C)C1. The molecule has 0 aliphatic carbocycles. The maximum atomic E-state index is 11.5. The Bertz CT molecular complexity index is 208. The molecule has 0 aromatic carbocycles. The molecule has 1 rings (SSSR count). The van der Waals surface area contributed by atoms with E-state index in [0.29, 0.717) is 5.92 Å². The van der Waals surface area contributed by atoms with Crippen LogP contribution in [-0.2, 0) is 4.79 Å². The number of likely N-dealkylation sites (tertiary alicyclic amines) is 1. The van der Waals surface area contributed by atoms with Gasteiger partial charge in [-0.3, -0.25) is 4.79 Å². The first-order valence-electron chi connectivity index (χ1n) is 5.77. The van der Waals surface area contributed by atoms with Gasteiger partial charge in [0.05, 0.1) is 6.04 Å². The maximum Gasteiger partial charge on any atom is 0.236 e. The molecule has 1 amide bonds. The molecular formula is C11H23N3O. The third-order valence-corrected chi connectivity index (χ3v) is 3.11. The van der Waals surface area contributed by atoms with Crippen molar-refractivity contribution in [3.8, 4) is 0 Å². The number of amides is 1. The second-order valence-corrected chi connectivity index (χ2v) is 4.53. The van der Waals surface area contributed by atoms with E-state index in [9.17, 15) is 4.79 Å². The van der Waals surface area contributed by atoms with Crippen molar-refractivity contribution in [1.82, 2.24) is 15.5 Å². The molecular weight excluding hydrogens is 190 g/mol. The highest BCUT2D eigenvalue weighted by molar-refractivity contribution is 5.81. The van der Waals surface area contributed by atoms with Gasteiger partial charge in [0.1, 0.15) is 0 Å². The number of nitrogens with one attached hydrogen (secondary N) is 2. The Morgan fingerprint density at radius 1 is 1.60 bits per heavy atom. The molecule has 1 aliphatic heterocycles. The summed E-state index contributed by atoms with van der Waals surface area (Å²) in [5, 5.41) is 5.93. The quantitative estimate of drug-likeness (QED) is 0.694. The predicted octanol–water partition coefficient (Wildman–Crippen LogP) is 0.0523. The summed E-state index contributed by atoms with van der Waals surface area (Å²) in [6, 6.07) is -0.0914. The Hall–Kier alpha value is -0.610. The second kappa shape index (κ2) is 6.08. The highest BCUT2D eigenvalue weighted by Gasteiger charge is 2.18. The summed E-state index contributed by atoms with van der Waals surface area (Å²) in [5.74, 6) is 0.725. The molecule has 0 spiro atoms. The van der Waals surface area contributed by atoms with Crippen LogP contribution in [0.3, 0.4) is 0 Å². The van der Waals surface area contributed by atoms with E-state index in [-0.39, 0.29) is 11.9 Å². The zero-order valence-corrected chi connectivity index (χ0v) is 10.0. The topological polar surface area (TPSA) is 44.4 Å². The Balaban J connectivity index is 2.21. The summed E-state index contributed by atoms with van der Waals surface area (Å²) in [5.41, 5.74) is 0. The van der Waals surface area contributed by atoms with Crippen molar-refractivity contribution in [2.75, 3.05) is 33.7 Å². The van der Waals surface area contributed by atoms with Gasteiger partial charge in [0.15, 0.2) is 0 Å². The summed E-state index contributed by atoms with van der Waals surface area (Å²) >= 11 is 0. The van der Waals surface area contributed by atoms with Gasteiger partial charge in [0.2, 0.25) is 5.91 Å². The fourth-order valence-electron chi connectivity index (χ4n) is 1.97. The van der Waals surface area contributed by atoms with E-state index in [1.807, 2.05) is 6.92 Å². The molecule has 88 valence electrons. The van der Waals surface area contributed by atoms with E-state index in [0.717, 1.165) is 13.1 Å². The van der Waals surface area contributed by atoms with Gasteiger partial charge >= 0.3 is 0 Å². The third-order valence-electron chi connectivity index (χ3n) is 3.11. The number of piperidine rings is 1. The normalized spacial score (nSPS) is 24.9. The summed E-state index contributed by atoms with van der Waals surface area (Å²) in [7, 11) is 3.95. The Morgan fingerprint density at radius 2 is 2.33 bits per heavy atom. The van der Waals surface area contributed by atoms with Crippen LogP contribution in [0.5, 0.6) is 0 Å². The van der Waals surface area contributed by atoms with Gasteiger partial charge in [0.25, 0.3) is 0 Å². The van der Waals surface area contributed by atoms with Crippen LogP contribution >= 0.6 is 0 Å². The molecule has 0 aromatic rings. The number of nitrogens with zero attached hydrogens (tertiary/aromatic N) is 1. The number of hydrogen-bond donors (Lipinski definition) is 2. The maximum absolute atomic E-state index is 11.5. The van der Waals surface area contributed by atoms with Crippen LogP contribution in [0, 0.1) is 5.92 Å². The van der Waals surface area contributed by atoms with Gasteiger partial charge in [-0.2, -0.15) is 0 Å². The standard InChI is InChI=1S/C11H23N3O/c1-9(12-2)11(15)13-7-10-5-4-6-14(3)8-10/h9-10,12H,4-8H2,1-3H3,(H,13,15). The molecule has 1 aliphatic rings. The van der Waals surface area contributed by atoms with Crippen LogP contribution in [0.1, 0.15) is 19.8 Å². The van der Waals surface area contributed by atoms with Crippen LogP contribution in [0.25, 0.3) is 0 Å². The van der Waals surface area contributed by atoms with E-state index in [2.05, 4.69) is 22.6 Å². The fourth-order valence-corrected chi connectivity index (χ4v) is 1.97. The molecule has 0 saturated carbocycles. The lowest BCUT2D eigenvalue weighted by atomic mass is 9.98. The zero-order chi connectivity index (χ0) is 11.3. The molecule has 15 heavy (non-hydrogen) atoms. The van der Waals surface area contributed by atoms with Gasteiger partial charge in [-0.05, 0) is 46.3 Å². The van der Waals surface area contributed by atoms with Crippen molar-refractivity contribution >= 4 is 5.91 Å². The number of hydrogen-bond acceptors (Lipinski definition) is 3. The molecule has 4 heteroatoms. The molecule has 0 radical (unpaired) electrons. The van der Waals surface area contributed by atoms with Crippen molar-refractivity contribution in [2.45, 2.75) is 25.8 Å². The highest BCUT2D eigenvalue weighted by atomic mass is 16.2. The number of carbonyl (C=O) groups is 1. The first kappa shape index (κ1) is 12.5. The third kappa shape index (κ3) is 4.18. The van der Waals surface area contributed by atoms with Crippen LogP contribution in [0.15, 0.2) is 0 Å². The van der Waals surface area contributed by atoms with Crippen molar-refractivity contribution in [3.05, 3.63) is 0 Å². The monoisotopic (exact) mass is 213 g/mol. The van der Waals surface area contributed by atoms with Crippen molar-refractivity contribution < 1.29 is 4.79 Å². The molecule has 2 atom stereocenters. The minimum atomic E-state index is -0.0914. The van der Waals surface area contributed by atoms with Gasteiger partial charge in [-0.1, -0.05) is 0 Å². The number of likely N-dealkylation sites (N-methyl/N-ethyl adjacent to an activating group) is 1. The number of carbonyl (C=O) groups excluding carboxylic acids is 1. The van der Waals surface area contributed by atoms with Crippen molar-refractivity contribution in [1.29, 1.82) is 0 Å². The predicted molar refractivity (Wildman–Crippen MR) is 61.8 cm³/mol. The van der Waals surface area contributed by atoms with E-state index in [1.54, 1.807) is 7.05 Å². The zero-order valence-electron chi connectivity index (χ0n) is 10.0. The fraction of sp³-hybridized carbons (Fsp3) is 0.909. The molecule has 1 fully saturated rings. The van der Waals surface area contributed by atoms with E-state index in [4.69, 9.17) is 0 Å². The van der Waals surface area contributed by atoms with E-state index in [1.165, 1.54) is 19.4 Å². The van der Waals surface area contributed by atoms with Crippen molar-refractivity contribution in [3.63, 3.8) is 0 Å². The van der Waals surface area contributed by atoms with Crippen molar-refractivity contribution in [2.24, 2.45) is 5.92 Å². The highest BCUT2D eigenvalue weighted by Crippen LogP contribution is 2.13. The molecule has 2 N–H and O–H groups in total. The first-order valence-corrected chi connectivity index (χ1v) is 5.77. The largest absolute Gasteiger partial charge is 0.354 e. The minimum absolute atomic E-state index is 0.0914. The summed E-state index contributed by atoms with van der Waals surface area (Å²) in [6.45, 7) is 4.99. The minimum Gasteiger partial charge on any atom is -0.354 e. The lowest BCUT2D eigenvalue weighted by Crippen LogP contribution is -2.44. The van der Waals surface area contributed by atoms with Crippen LogP contribution in [-0.4, -0.2) is 50.6 Å². The van der Waals surface area contributed by atoms with E-state index < -0.39 is 0 Å². The molecule has 0 aromatic heterocycles. The van der Waals surface area contributed by atoms with E-state index >= 15 is 0 Å². The first-order chi connectivity index (χ1) is 7.13. The molecule has 2 unspecified atom stereocenters. The molecule has 4 nitrogen and oxygen atoms in total.